The number of nitrogens with one attached hydrogen (secondary N) is 1. The largest absolute Gasteiger partial charge is 0.462 e. The molecule has 3 aromatic rings. The molecule has 1 aromatic carbocycles. The normalized spacial score (nSPS) is 10.8. The van der Waals surface area contributed by atoms with Gasteiger partial charge in [0, 0.05) is 16.3 Å². The molecule has 28 heavy (non-hydrogen) atoms. The summed E-state index contributed by atoms with van der Waals surface area (Å²) >= 11 is 0. The number of pyridine rings is 1. The van der Waals surface area contributed by atoms with Gasteiger partial charge in [-0.1, -0.05) is 18.2 Å². The number of fused-ring (bicyclic) bond motifs is 3. The van der Waals surface area contributed by atoms with Crippen molar-refractivity contribution in [1.82, 2.24) is 9.97 Å². The molecule has 3 rings (SSSR count). The van der Waals surface area contributed by atoms with Crippen LogP contribution in [-0.2, 0) is 14.2 Å². The Bertz CT molecular complexity index is 1070. The number of hydrogen-bond acceptors (Lipinski definition) is 7. The number of para-hydroxylation sites is 1. The quantitative estimate of drug-likeness (QED) is 0.513. The molecule has 0 saturated heterocycles. The molecule has 8 heteroatoms. The zero-order valence-corrected chi connectivity index (χ0v) is 15.8. The number of carbonyl (C=O) groups is 3. The number of ether oxygens (including phenoxy) is 3. The number of aromatic amines is 1. The van der Waals surface area contributed by atoms with Gasteiger partial charge in [0.05, 0.1) is 25.3 Å². The highest BCUT2D eigenvalue weighted by molar-refractivity contribution is 6.22. The van der Waals surface area contributed by atoms with Crippen LogP contribution in [-0.4, -0.2) is 47.7 Å². The average molecular weight is 384 g/mol. The Hall–Kier alpha value is -3.42. The summed E-state index contributed by atoms with van der Waals surface area (Å²) in [4.78, 5) is 45.0. The molecule has 0 spiro atoms. The van der Waals surface area contributed by atoms with E-state index in [1.165, 1.54) is 0 Å². The monoisotopic (exact) mass is 384 g/mol. The Morgan fingerprint density at radius 1 is 0.857 bits per heavy atom. The second-order valence-electron chi connectivity index (χ2n) is 5.77. The number of rotatable bonds is 6. The van der Waals surface area contributed by atoms with E-state index >= 15 is 0 Å². The van der Waals surface area contributed by atoms with E-state index < -0.39 is 17.9 Å². The van der Waals surface area contributed by atoms with Gasteiger partial charge in [-0.2, -0.15) is 0 Å². The minimum absolute atomic E-state index is 0.0644. The Kier molecular flexibility index (Phi) is 5.58. The maximum Gasteiger partial charge on any atom is 0.357 e. The molecule has 0 radical (unpaired) electrons. The molecule has 0 aliphatic rings. The Morgan fingerprint density at radius 2 is 1.43 bits per heavy atom. The van der Waals surface area contributed by atoms with Crippen molar-refractivity contribution in [2.45, 2.75) is 20.8 Å². The van der Waals surface area contributed by atoms with Crippen LogP contribution >= 0.6 is 0 Å². The van der Waals surface area contributed by atoms with E-state index in [0.29, 0.717) is 16.3 Å². The molecule has 8 nitrogen and oxygen atoms in total. The third-order valence-electron chi connectivity index (χ3n) is 4.07. The van der Waals surface area contributed by atoms with Crippen LogP contribution in [0.15, 0.2) is 24.3 Å². The molecule has 2 heterocycles. The van der Waals surface area contributed by atoms with Crippen molar-refractivity contribution in [1.29, 1.82) is 0 Å². The summed E-state index contributed by atoms with van der Waals surface area (Å²) in [5.74, 6) is -2.25. The standard InChI is InChI=1S/C20H20N2O6/c1-4-26-18(23)14-15-13(11-9-7-8-10-12(11)21-15)16(19(24)27-5-2)22-17(14)20(25)28-6-3/h7-10,21H,4-6H2,1-3H3. The number of hydrogen-bond donors (Lipinski definition) is 1. The molecule has 2 aromatic heterocycles. The van der Waals surface area contributed by atoms with Crippen LogP contribution in [0.2, 0.25) is 0 Å². The third kappa shape index (κ3) is 3.28. The second kappa shape index (κ2) is 8.08. The zero-order valence-electron chi connectivity index (χ0n) is 15.8. The first-order valence-electron chi connectivity index (χ1n) is 8.99. The number of carbonyl (C=O) groups excluding carboxylic acids is 3. The Balaban J connectivity index is 2.44. The topological polar surface area (TPSA) is 108 Å². The van der Waals surface area contributed by atoms with Crippen LogP contribution in [0.1, 0.15) is 52.1 Å². The lowest BCUT2D eigenvalue weighted by Crippen LogP contribution is -2.20. The lowest BCUT2D eigenvalue weighted by Gasteiger charge is -2.12. The van der Waals surface area contributed by atoms with Crippen molar-refractivity contribution in [2.75, 3.05) is 19.8 Å². The molecule has 0 unspecified atom stereocenters. The van der Waals surface area contributed by atoms with Gasteiger partial charge in [-0.25, -0.2) is 19.4 Å². The first-order chi connectivity index (χ1) is 13.5. The van der Waals surface area contributed by atoms with Crippen molar-refractivity contribution in [3.8, 4) is 0 Å². The van der Waals surface area contributed by atoms with Crippen molar-refractivity contribution in [3.63, 3.8) is 0 Å². The number of nitrogens with zero attached hydrogens (tertiary/aromatic N) is 1. The number of H-pyrrole nitrogens is 1. The molecular formula is C20H20N2O6. The van der Waals surface area contributed by atoms with Gasteiger partial charge in [-0.05, 0) is 26.8 Å². The van der Waals surface area contributed by atoms with Gasteiger partial charge in [-0.3, -0.25) is 0 Å². The van der Waals surface area contributed by atoms with Gasteiger partial charge in [0.2, 0.25) is 0 Å². The molecule has 0 fully saturated rings. The maximum absolute atomic E-state index is 12.7. The van der Waals surface area contributed by atoms with Crippen LogP contribution in [0.3, 0.4) is 0 Å². The fourth-order valence-electron chi connectivity index (χ4n) is 3.01. The molecule has 146 valence electrons. The van der Waals surface area contributed by atoms with Crippen molar-refractivity contribution in [3.05, 3.63) is 41.2 Å². The SMILES string of the molecule is CCOC(=O)c1nc(C(=O)OCC)c2c([nH]c3ccccc32)c1C(=O)OCC. The summed E-state index contributed by atoms with van der Waals surface area (Å²) in [5, 5.41) is 1.07. The van der Waals surface area contributed by atoms with E-state index in [2.05, 4.69) is 9.97 Å². The molecule has 0 aliphatic heterocycles. The van der Waals surface area contributed by atoms with Gasteiger partial charge in [0.1, 0.15) is 5.56 Å². The van der Waals surface area contributed by atoms with E-state index in [4.69, 9.17) is 14.2 Å². The summed E-state index contributed by atoms with van der Waals surface area (Å²) in [7, 11) is 0. The molecule has 0 bridgehead atoms. The molecule has 0 atom stereocenters. The number of aromatic nitrogens is 2. The van der Waals surface area contributed by atoms with E-state index in [1.54, 1.807) is 39.0 Å². The van der Waals surface area contributed by atoms with Gasteiger partial charge >= 0.3 is 17.9 Å². The molecule has 0 saturated carbocycles. The summed E-state index contributed by atoms with van der Waals surface area (Å²) in [6.07, 6.45) is 0. The van der Waals surface area contributed by atoms with Crippen LogP contribution in [0.5, 0.6) is 0 Å². The van der Waals surface area contributed by atoms with E-state index in [-0.39, 0.29) is 42.3 Å². The van der Waals surface area contributed by atoms with Gasteiger partial charge in [-0.15, -0.1) is 0 Å². The predicted octanol–water partition coefficient (Wildman–Crippen LogP) is 3.25. The summed E-state index contributed by atoms with van der Waals surface area (Å²) < 4.78 is 15.3. The fraction of sp³-hybridized carbons (Fsp3) is 0.300. The van der Waals surface area contributed by atoms with E-state index in [0.717, 1.165) is 0 Å². The van der Waals surface area contributed by atoms with Crippen molar-refractivity contribution >= 4 is 39.7 Å². The Morgan fingerprint density at radius 3 is 2.07 bits per heavy atom. The lowest BCUT2D eigenvalue weighted by atomic mass is 10.1. The van der Waals surface area contributed by atoms with Crippen LogP contribution < -0.4 is 0 Å². The molecule has 1 N–H and O–H groups in total. The van der Waals surface area contributed by atoms with E-state index in [1.807, 2.05) is 6.07 Å². The smallest absolute Gasteiger partial charge is 0.357 e. The molecule has 0 amide bonds. The summed E-state index contributed by atoms with van der Waals surface area (Å²) in [6, 6.07) is 7.19. The predicted molar refractivity (Wildman–Crippen MR) is 101 cm³/mol. The first-order valence-corrected chi connectivity index (χ1v) is 8.99. The summed E-state index contributed by atoms with van der Waals surface area (Å²) in [5.41, 5.74) is 0.532. The minimum Gasteiger partial charge on any atom is -0.462 e. The van der Waals surface area contributed by atoms with Crippen LogP contribution in [0.4, 0.5) is 0 Å². The third-order valence-corrected chi connectivity index (χ3v) is 4.07. The van der Waals surface area contributed by atoms with Gasteiger partial charge in [0.15, 0.2) is 11.4 Å². The van der Waals surface area contributed by atoms with Crippen molar-refractivity contribution < 1.29 is 28.6 Å². The lowest BCUT2D eigenvalue weighted by molar-refractivity contribution is 0.0470. The van der Waals surface area contributed by atoms with Crippen LogP contribution in [0, 0.1) is 0 Å². The Labute approximate surface area is 160 Å². The second-order valence-corrected chi connectivity index (χ2v) is 5.77. The number of esters is 3. The minimum atomic E-state index is -0.823. The van der Waals surface area contributed by atoms with E-state index in [9.17, 15) is 14.4 Å². The first kappa shape index (κ1) is 19.3. The summed E-state index contributed by atoms with van der Waals surface area (Å²) in [6.45, 7) is 5.30. The average Bonchev–Trinajstić information content (AvgIpc) is 3.06. The zero-order chi connectivity index (χ0) is 20.3. The highest BCUT2D eigenvalue weighted by Gasteiger charge is 2.30. The highest BCUT2D eigenvalue weighted by atomic mass is 16.5. The highest BCUT2D eigenvalue weighted by Crippen LogP contribution is 2.32. The maximum atomic E-state index is 12.7. The van der Waals surface area contributed by atoms with Gasteiger partial charge < -0.3 is 19.2 Å². The number of benzene rings is 1. The molecule has 0 aliphatic carbocycles. The van der Waals surface area contributed by atoms with Crippen molar-refractivity contribution in [2.24, 2.45) is 0 Å². The van der Waals surface area contributed by atoms with Gasteiger partial charge in [0.25, 0.3) is 0 Å². The fourth-order valence-corrected chi connectivity index (χ4v) is 3.01. The van der Waals surface area contributed by atoms with Crippen LogP contribution in [0.25, 0.3) is 21.8 Å². The molecular weight excluding hydrogens is 364 g/mol.